The van der Waals surface area contributed by atoms with Gasteiger partial charge in [0.2, 0.25) is 0 Å². The van der Waals surface area contributed by atoms with E-state index >= 15 is 0 Å². The Labute approximate surface area is 133 Å². The van der Waals surface area contributed by atoms with Crippen molar-refractivity contribution in [1.82, 2.24) is 10.2 Å². The normalized spacial score (nSPS) is 11.2. The summed E-state index contributed by atoms with van der Waals surface area (Å²) in [6, 6.07) is 5.16. The summed E-state index contributed by atoms with van der Waals surface area (Å²) < 4.78 is 45.1. The van der Waals surface area contributed by atoms with Crippen LogP contribution in [-0.4, -0.2) is 44.1 Å². The van der Waals surface area contributed by atoms with E-state index in [1.54, 1.807) is 7.05 Å². The molecule has 0 aromatic heterocycles. The maximum absolute atomic E-state index is 12.1. The Bertz CT molecular complexity index is 478. The van der Waals surface area contributed by atoms with Crippen molar-refractivity contribution >= 4 is 6.03 Å². The molecule has 0 spiro atoms. The molecule has 0 heterocycles. The van der Waals surface area contributed by atoms with Gasteiger partial charge in [0.1, 0.15) is 5.75 Å². The first-order valence-electron chi connectivity index (χ1n) is 7.23. The molecule has 0 aliphatic carbocycles. The number of ether oxygens (including phenoxy) is 2. The highest BCUT2D eigenvalue weighted by molar-refractivity contribution is 5.73. The second kappa shape index (κ2) is 9.24. The van der Waals surface area contributed by atoms with E-state index in [0.29, 0.717) is 25.3 Å². The van der Waals surface area contributed by atoms with E-state index in [0.717, 1.165) is 6.42 Å². The monoisotopic (exact) mass is 334 g/mol. The Balaban J connectivity index is 2.38. The number of hydrogen-bond acceptors (Lipinski definition) is 3. The van der Waals surface area contributed by atoms with Crippen LogP contribution >= 0.6 is 0 Å². The average Bonchev–Trinajstić information content (AvgIpc) is 2.47. The minimum absolute atomic E-state index is 0.253. The maximum Gasteiger partial charge on any atom is 0.573 e. The van der Waals surface area contributed by atoms with E-state index in [2.05, 4.69) is 10.1 Å². The SMILES string of the molecule is CCOCCCNC(=O)N(C)Cc1ccc(OC(F)(F)F)cc1. The zero-order chi connectivity index (χ0) is 17.3. The summed E-state index contributed by atoms with van der Waals surface area (Å²) in [5.41, 5.74) is 0.700. The minimum Gasteiger partial charge on any atom is -0.406 e. The Morgan fingerprint density at radius 2 is 1.91 bits per heavy atom. The molecule has 130 valence electrons. The second-order valence-corrected chi connectivity index (χ2v) is 4.83. The van der Waals surface area contributed by atoms with Crippen molar-refractivity contribution in [3.63, 3.8) is 0 Å². The number of rotatable bonds is 8. The maximum atomic E-state index is 12.1. The highest BCUT2D eigenvalue weighted by Gasteiger charge is 2.30. The first-order valence-corrected chi connectivity index (χ1v) is 7.23. The van der Waals surface area contributed by atoms with Crippen LogP contribution in [0.2, 0.25) is 0 Å². The summed E-state index contributed by atoms with van der Waals surface area (Å²) in [4.78, 5) is 13.3. The topological polar surface area (TPSA) is 50.8 Å². The Morgan fingerprint density at radius 1 is 1.26 bits per heavy atom. The fraction of sp³-hybridized carbons (Fsp3) is 0.533. The van der Waals surface area contributed by atoms with Gasteiger partial charge in [0.15, 0.2) is 0 Å². The van der Waals surface area contributed by atoms with E-state index in [9.17, 15) is 18.0 Å². The number of halogens is 3. The molecule has 0 fully saturated rings. The molecule has 0 aliphatic rings. The number of nitrogens with zero attached hydrogens (tertiary/aromatic N) is 1. The number of nitrogens with one attached hydrogen (secondary N) is 1. The molecule has 5 nitrogen and oxygen atoms in total. The van der Waals surface area contributed by atoms with Crippen molar-refractivity contribution in [2.24, 2.45) is 0 Å². The lowest BCUT2D eigenvalue weighted by atomic mass is 10.2. The molecule has 0 aliphatic heterocycles. The van der Waals surface area contributed by atoms with Crippen molar-refractivity contribution in [1.29, 1.82) is 0 Å². The van der Waals surface area contributed by atoms with Crippen molar-refractivity contribution < 1.29 is 27.4 Å². The highest BCUT2D eigenvalue weighted by atomic mass is 19.4. The van der Waals surface area contributed by atoms with Gasteiger partial charge in [-0.15, -0.1) is 13.2 Å². The molecular formula is C15H21F3N2O3. The number of urea groups is 1. The molecule has 1 rings (SSSR count). The molecular weight excluding hydrogens is 313 g/mol. The van der Waals surface area contributed by atoms with Crippen molar-refractivity contribution in [2.45, 2.75) is 26.3 Å². The van der Waals surface area contributed by atoms with Crippen LogP contribution in [0.4, 0.5) is 18.0 Å². The fourth-order valence-corrected chi connectivity index (χ4v) is 1.79. The summed E-state index contributed by atoms with van der Waals surface area (Å²) in [7, 11) is 1.61. The first-order chi connectivity index (χ1) is 10.8. The Morgan fingerprint density at radius 3 is 2.48 bits per heavy atom. The van der Waals surface area contributed by atoms with E-state index in [4.69, 9.17) is 4.74 Å². The predicted molar refractivity (Wildman–Crippen MR) is 79.1 cm³/mol. The number of hydrogen-bond donors (Lipinski definition) is 1. The zero-order valence-corrected chi connectivity index (χ0v) is 13.2. The average molecular weight is 334 g/mol. The van der Waals surface area contributed by atoms with E-state index < -0.39 is 6.36 Å². The number of carbonyl (C=O) groups excluding carboxylic acids is 1. The van der Waals surface area contributed by atoms with Gasteiger partial charge in [-0.2, -0.15) is 0 Å². The molecule has 0 bridgehead atoms. The van der Waals surface area contributed by atoms with Gasteiger partial charge in [0.05, 0.1) is 0 Å². The molecule has 2 amide bonds. The van der Waals surface area contributed by atoms with Crippen LogP contribution in [0.5, 0.6) is 5.75 Å². The van der Waals surface area contributed by atoms with E-state index in [-0.39, 0.29) is 18.3 Å². The van der Waals surface area contributed by atoms with Gasteiger partial charge in [-0.25, -0.2) is 4.79 Å². The zero-order valence-electron chi connectivity index (χ0n) is 13.2. The Hall–Kier alpha value is -1.96. The minimum atomic E-state index is -4.71. The van der Waals surface area contributed by atoms with Gasteiger partial charge < -0.3 is 19.7 Å². The molecule has 1 N–H and O–H groups in total. The predicted octanol–water partition coefficient (Wildman–Crippen LogP) is 3.15. The quantitative estimate of drug-likeness (QED) is 0.743. The van der Waals surface area contributed by atoms with Crippen LogP contribution in [0.1, 0.15) is 18.9 Å². The van der Waals surface area contributed by atoms with Crippen LogP contribution in [-0.2, 0) is 11.3 Å². The van der Waals surface area contributed by atoms with Gasteiger partial charge in [-0.1, -0.05) is 12.1 Å². The van der Waals surface area contributed by atoms with Crippen LogP contribution in [0.15, 0.2) is 24.3 Å². The lowest BCUT2D eigenvalue weighted by Gasteiger charge is -2.18. The van der Waals surface area contributed by atoms with E-state index in [1.165, 1.54) is 29.2 Å². The summed E-state index contributed by atoms with van der Waals surface area (Å²) in [6.45, 7) is 3.91. The van der Waals surface area contributed by atoms with Crippen LogP contribution < -0.4 is 10.1 Å². The lowest BCUT2D eigenvalue weighted by Crippen LogP contribution is -2.37. The molecule has 0 unspecified atom stereocenters. The summed E-state index contributed by atoms with van der Waals surface area (Å²) in [5.74, 6) is -0.288. The highest BCUT2D eigenvalue weighted by Crippen LogP contribution is 2.22. The summed E-state index contributed by atoms with van der Waals surface area (Å²) >= 11 is 0. The lowest BCUT2D eigenvalue weighted by molar-refractivity contribution is -0.274. The van der Waals surface area contributed by atoms with Crippen LogP contribution in [0, 0.1) is 0 Å². The number of benzene rings is 1. The van der Waals surface area contributed by atoms with Gasteiger partial charge in [-0.3, -0.25) is 0 Å². The number of alkyl halides is 3. The fourth-order valence-electron chi connectivity index (χ4n) is 1.79. The summed E-state index contributed by atoms with van der Waals surface area (Å²) in [6.07, 6.45) is -3.99. The standard InChI is InChI=1S/C15H21F3N2O3/c1-3-22-10-4-9-19-14(21)20(2)11-12-5-7-13(8-6-12)23-15(16,17)18/h5-8H,3-4,9-11H2,1-2H3,(H,19,21). The second-order valence-electron chi connectivity index (χ2n) is 4.83. The molecule has 0 saturated carbocycles. The molecule has 0 radical (unpaired) electrons. The van der Waals surface area contributed by atoms with Gasteiger partial charge in [0.25, 0.3) is 0 Å². The van der Waals surface area contributed by atoms with Gasteiger partial charge >= 0.3 is 12.4 Å². The van der Waals surface area contributed by atoms with Crippen molar-refractivity contribution in [3.8, 4) is 5.75 Å². The molecule has 23 heavy (non-hydrogen) atoms. The molecule has 1 aromatic carbocycles. The van der Waals surface area contributed by atoms with Crippen molar-refractivity contribution in [2.75, 3.05) is 26.8 Å². The molecule has 0 saturated heterocycles. The number of amides is 2. The first kappa shape index (κ1) is 19.1. The Kier molecular flexibility index (Phi) is 7.67. The number of carbonyl (C=O) groups is 1. The van der Waals surface area contributed by atoms with Crippen molar-refractivity contribution in [3.05, 3.63) is 29.8 Å². The third-order valence-corrected chi connectivity index (χ3v) is 2.87. The largest absolute Gasteiger partial charge is 0.573 e. The third kappa shape index (κ3) is 8.29. The van der Waals surface area contributed by atoms with Crippen LogP contribution in [0.3, 0.4) is 0 Å². The smallest absolute Gasteiger partial charge is 0.406 e. The summed E-state index contributed by atoms with van der Waals surface area (Å²) in [5, 5.41) is 2.74. The van der Waals surface area contributed by atoms with Gasteiger partial charge in [0, 0.05) is 33.4 Å². The molecule has 1 aromatic rings. The van der Waals surface area contributed by atoms with E-state index in [1.807, 2.05) is 6.92 Å². The molecule has 0 atom stereocenters. The third-order valence-electron chi connectivity index (χ3n) is 2.87. The molecule has 8 heteroatoms. The van der Waals surface area contributed by atoms with Gasteiger partial charge in [-0.05, 0) is 31.0 Å². The van der Waals surface area contributed by atoms with Crippen LogP contribution in [0.25, 0.3) is 0 Å².